The quantitative estimate of drug-likeness (QED) is 0.489. The van der Waals surface area contributed by atoms with E-state index in [2.05, 4.69) is 25.3 Å². The van der Waals surface area contributed by atoms with Gasteiger partial charge in [-0.1, -0.05) is 0 Å². The number of methoxy groups -OCH3 is 3. The number of fused-ring (bicyclic) bond motifs is 1. The van der Waals surface area contributed by atoms with E-state index in [1.165, 1.54) is 6.07 Å². The zero-order valence-corrected chi connectivity index (χ0v) is 17.5. The number of aryl methyl sites for hydroxylation is 1. The van der Waals surface area contributed by atoms with Crippen molar-refractivity contribution in [2.75, 3.05) is 26.6 Å². The zero-order valence-electron chi connectivity index (χ0n) is 17.5. The standard InChI is InChI=1S/C22H21N5O4/c1-12-15-10-14(29-2)6-7-16(15)24-21(23-12)27-22-25-17(11-20(28)26-22)13-5-8-18(30-3)19(9-13)31-4/h5-11H,1-4H3,(H2,23,24,25,26,27,28). The van der Waals surface area contributed by atoms with Crippen LogP contribution in [0.4, 0.5) is 11.9 Å². The molecule has 2 aromatic heterocycles. The summed E-state index contributed by atoms with van der Waals surface area (Å²) >= 11 is 0. The van der Waals surface area contributed by atoms with E-state index >= 15 is 0 Å². The van der Waals surface area contributed by atoms with Gasteiger partial charge in [0.1, 0.15) is 5.75 Å². The summed E-state index contributed by atoms with van der Waals surface area (Å²) in [7, 11) is 4.72. The summed E-state index contributed by atoms with van der Waals surface area (Å²) in [6.07, 6.45) is 0. The van der Waals surface area contributed by atoms with Crippen LogP contribution in [0.15, 0.2) is 47.3 Å². The van der Waals surface area contributed by atoms with E-state index in [0.717, 1.165) is 22.3 Å². The maximum atomic E-state index is 12.3. The van der Waals surface area contributed by atoms with E-state index in [0.29, 0.717) is 28.7 Å². The van der Waals surface area contributed by atoms with Crippen molar-refractivity contribution >= 4 is 22.8 Å². The van der Waals surface area contributed by atoms with Gasteiger partial charge in [0, 0.05) is 17.0 Å². The molecule has 31 heavy (non-hydrogen) atoms. The molecule has 0 spiro atoms. The molecule has 2 heterocycles. The molecule has 0 fully saturated rings. The molecular formula is C22H21N5O4. The number of aromatic nitrogens is 4. The third-order valence-electron chi connectivity index (χ3n) is 4.74. The summed E-state index contributed by atoms with van der Waals surface area (Å²) in [5.74, 6) is 2.41. The van der Waals surface area contributed by atoms with E-state index in [1.807, 2.05) is 25.1 Å². The Labute approximate surface area is 178 Å². The Morgan fingerprint density at radius 3 is 2.42 bits per heavy atom. The van der Waals surface area contributed by atoms with Crippen LogP contribution in [0, 0.1) is 6.92 Å². The predicted octanol–water partition coefficient (Wildman–Crippen LogP) is 3.46. The molecule has 4 aromatic rings. The van der Waals surface area contributed by atoms with E-state index in [4.69, 9.17) is 14.2 Å². The summed E-state index contributed by atoms with van der Waals surface area (Å²) in [6, 6.07) is 12.3. The highest BCUT2D eigenvalue weighted by Gasteiger charge is 2.11. The first-order chi connectivity index (χ1) is 15.0. The van der Waals surface area contributed by atoms with Crippen LogP contribution in [0.25, 0.3) is 22.2 Å². The smallest absolute Gasteiger partial charge is 0.252 e. The van der Waals surface area contributed by atoms with Crippen LogP contribution in [0.3, 0.4) is 0 Å². The molecule has 2 N–H and O–H groups in total. The van der Waals surface area contributed by atoms with Gasteiger partial charge in [0.25, 0.3) is 5.56 Å². The Kier molecular flexibility index (Phi) is 5.40. The van der Waals surface area contributed by atoms with Gasteiger partial charge in [-0.25, -0.2) is 15.0 Å². The van der Waals surface area contributed by atoms with Gasteiger partial charge in [-0.2, -0.15) is 0 Å². The van der Waals surface area contributed by atoms with Gasteiger partial charge >= 0.3 is 0 Å². The van der Waals surface area contributed by atoms with Crippen LogP contribution in [-0.2, 0) is 0 Å². The molecule has 0 aliphatic rings. The van der Waals surface area contributed by atoms with Crippen LogP contribution < -0.4 is 25.1 Å². The molecule has 158 valence electrons. The van der Waals surface area contributed by atoms with Crippen molar-refractivity contribution in [3.63, 3.8) is 0 Å². The Morgan fingerprint density at radius 1 is 0.871 bits per heavy atom. The van der Waals surface area contributed by atoms with Gasteiger partial charge in [0.2, 0.25) is 11.9 Å². The molecule has 9 heteroatoms. The fraction of sp³-hybridized carbons (Fsp3) is 0.182. The molecule has 0 radical (unpaired) electrons. The second-order valence-corrected chi connectivity index (χ2v) is 6.69. The first-order valence-corrected chi connectivity index (χ1v) is 9.44. The molecule has 0 aliphatic carbocycles. The molecule has 2 aromatic carbocycles. The highest BCUT2D eigenvalue weighted by molar-refractivity contribution is 5.83. The van der Waals surface area contributed by atoms with Gasteiger partial charge in [0.05, 0.1) is 38.2 Å². The molecule has 4 rings (SSSR count). The number of nitrogens with zero attached hydrogens (tertiary/aromatic N) is 3. The number of hydrogen-bond donors (Lipinski definition) is 2. The van der Waals surface area contributed by atoms with E-state index in [-0.39, 0.29) is 11.5 Å². The Bertz CT molecular complexity index is 1320. The van der Waals surface area contributed by atoms with Crippen molar-refractivity contribution in [1.82, 2.24) is 19.9 Å². The number of nitrogens with one attached hydrogen (secondary N) is 2. The summed E-state index contributed by atoms with van der Waals surface area (Å²) in [5.41, 5.74) is 2.37. The number of benzene rings is 2. The predicted molar refractivity (Wildman–Crippen MR) is 118 cm³/mol. The average molecular weight is 419 g/mol. The second-order valence-electron chi connectivity index (χ2n) is 6.69. The molecule has 9 nitrogen and oxygen atoms in total. The number of aromatic amines is 1. The normalized spacial score (nSPS) is 10.7. The first-order valence-electron chi connectivity index (χ1n) is 9.44. The van der Waals surface area contributed by atoms with E-state index in [1.54, 1.807) is 39.5 Å². The fourth-order valence-corrected chi connectivity index (χ4v) is 3.21. The lowest BCUT2D eigenvalue weighted by molar-refractivity contribution is 0.355. The fourth-order valence-electron chi connectivity index (χ4n) is 3.21. The van der Waals surface area contributed by atoms with Crippen molar-refractivity contribution in [1.29, 1.82) is 0 Å². The number of hydrogen-bond acceptors (Lipinski definition) is 8. The molecular weight excluding hydrogens is 398 g/mol. The largest absolute Gasteiger partial charge is 0.497 e. The van der Waals surface area contributed by atoms with Gasteiger partial charge in [0.15, 0.2) is 11.5 Å². The lowest BCUT2D eigenvalue weighted by Crippen LogP contribution is -2.12. The molecule has 0 saturated heterocycles. The third kappa shape index (κ3) is 4.11. The second kappa shape index (κ2) is 8.31. The topological polar surface area (TPSA) is 111 Å². The van der Waals surface area contributed by atoms with Crippen molar-refractivity contribution in [3.05, 3.63) is 58.5 Å². The molecule has 0 bridgehead atoms. The Morgan fingerprint density at radius 2 is 1.68 bits per heavy atom. The first kappa shape index (κ1) is 20.1. The maximum absolute atomic E-state index is 12.3. The van der Waals surface area contributed by atoms with E-state index < -0.39 is 0 Å². The monoisotopic (exact) mass is 419 g/mol. The number of ether oxygens (including phenoxy) is 3. The number of rotatable bonds is 6. The zero-order chi connectivity index (χ0) is 22.0. The molecule has 0 aliphatic heterocycles. The van der Waals surface area contributed by atoms with Crippen molar-refractivity contribution in [2.45, 2.75) is 6.92 Å². The van der Waals surface area contributed by atoms with Gasteiger partial charge in [-0.15, -0.1) is 0 Å². The van der Waals surface area contributed by atoms with Gasteiger partial charge in [-0.05, 0) is 43.3 Å². The Balaban J connectivity index is 1.70. The summed E-state index contributed by atoms with van der Waals surface area (Å²) < 4.78 is 15.9. The lowest BCUT2D eigenvalue weighted by Gasteiger charge is -2.11. The van der Waals surface area contributed by atoms with Crippen LogP contribution in [0.1, 0.15) is 5.69 Å². The summed E-state index contributed by atoms with van der Waals surface area (Å²) in [4.78, 5) is 28.4. The van der Waals surface area contributed by atoms with Crippen molar-refractivity contribution in [2.24, 2.45) is 0 Å². The minimum Gasteiger partial charge on any atom is -0.497 e. The SMILES string of the molecule is COc1ccc2nc(Nc3nc(-c4ccc(OC)c(OC)c4)cc(=O)[nH]3)nc(C)c2c1. The highest BCUT2D eigenvalue weighted by atomic mass is 16.5. The van der Waals surface area contributed by atoms with Crippen LogP contribution in [0.2, 0.25) is 0 Å². The number of H-pyrrole nitrogens is 1. The summed E-state index contributed by atoms with van der Waals surface area (Å²) in [5, 5.41) is 3.87. The van der Waals surface area contributed by atoms with Crippen LogP contribution >= 0.6 is 0 Å². The van der Waals surface area contributed by atoms with E-state index in [9.17, 15) is 4.79 Å². The number of anilines is 2. The van der Waals surface area contributed by atoms with Crippen LogP contribution in [-0.4, -0.2) is 41.3 Å². The van der Waals surface area contributed by atoms with Crippen molar-refractivity contribution in [3.8, 4) is 28.5 Å². The average Bonchev–Trinajstić information content (AvgIpc) is 2.78. The molecule has 0 saturated carbocycles. The van der Waals surface area contributed by atoms with Gasteiger partial charge in [-0.3, -0.25) is 15.1 Å². The minimum absolute atomic E-state index is 0.226. The third-order valence-corrected chi connectivity index (χ3v) is 4.74. The van der Waals surface area contributed by atoms with Gasteiger partial charge < -0.3 is 14.2 Å². The molecule has 0 amide bonds. The summed E-state index contributed by atoms with van der Waals surface area (Å²) in [6.45, 7) is 1.88. The lowest BCUT2D eigenvalue weighted by atomic mass is 10.1. The van der Waals surface area contributed by atoms with Crippen LogP contribution in [0.5, 0.6) is 17.2 Å². The molecule has 0 unspecified atom stereocenters. The van der Waals surface area contributed by atoms with Crippen molar-refractivity contribution < 1.29 is 14.2 Å². The molecule has 0 atom stereocenters. The highest BCUT2D eigenvalue weighted by Crippen LogP contribution is 2.31. The Hall–Kier alpha value is -4.14. The minimum atomic E-state index is -0.315. The maximum Gasteiger partial charge on any atom is 0.252 e.